The largest absolute Gasteiger partial charge is 0.415 e. The molecule has 2 aromatic carbocycles. The molecule has 36 heavy (non-hydrogen) atoms. The summed E-state index contributed by atoms with van der Waals surface area (Å²) in [5, 5.41) is 4.30. The first-order chi connectivity index (χ1) is 17.2. The zero-order valence-electron chi connectivity index (χ0n) is 20.9. The first-order valence-corrected chi connectivity index (χ1v) is 12.7. The van der Waals surface area contributed by atoms with Crippen molar-refractivity contribution in [2.75, 3.05) is 0 Å². The van der Waals surface area contributed by atoms with Crippen LogP contribution in [0.4, 0.5) is 0 Å². The van der Waals surface area contributed by atoms with E-state index in [1.807, 2.05) is 80.6 Å². The summed E-state index contributed by atoms with van der Waals surface area (Å²) in [4.78, 5) is 16.3. The van der Waals surface area contributed by atoms with Crippen LogP contribution in [0.3, 0.4) is 0 Å². The predicted octanol–water partition coefficient (Wildman–Crippen LogP) is 5.86. The second-order valence-electron chi connectivity index (χ2n) is 9.32. The van der Waals surface area contributed by atoms with Gasteiger partial charge in [-0.05, 0) is 78.2 Å². The zero-order chi connectivity index (χ0) is 25.8. The lowest BCUT2D eigenvalue weighted by atomic mass is 9.55. The molecular formula is C29H29BCl2N2O2. The molecule has 1 aromatic heterocycles. The third-order valence-electron chi connectivity index (χ3n) is 6.43. The van der Waals surface area contributed by atoms with Gasteiger partial charge in [-0.25, -0.2) is 0 Å². The fraction of sp³-hybridized carbons (Fsp3) is 0.241. The molecule has 3 aromatic rings. The van der Waals surface area contributed by atoms with Crippen molar-refractivity contribution in [3.05, 3.63) is 111 Å². The lowest BCUT2D eigenvalue weighted by molar-refractivity contribution is -0.118. The molecule has 0 spiro atoms. The SMILES string of the molecule is CC(=O)NC1=CC=C(C(OB(c2ccc(C)c(Cl)c2)c2ccc(C)c(Cl)c2)c2ccccn2)CC1C. The van der Waals surface area contributed by atoms with Crippen LogP contribution in [0.25, 0.3) is 0 Å². The van der Waals surface area contributed by atoms with Crippen LogP contribution in [-0.2, 0) is 9.45 Å². The van der Waals surface area contributed by atoms with Crippen molar-refractivity contribution >= 4 is 47.0 Å². The van der Waals surface area contributed by atoms with Crippen LogP contribution >= 0.6 is 23.2 Å². The van der Waals surface area contributed by atoms with Crippen LogP contribution in [0.15, 0.2) is 84.2 Å². The number of allylic oxidation sites excluding steroid dienone is 3. The Morgan fingerprint density at radius 3 is 2.17 bits per heavy atom. The molecule has 7 heteroatoms. The second kappa shape index (κ2) is 11.5. The minimum atomic E-state index is -0.426. The number of aryl methyl sites for hydroxylation is 2. The Labute approximate surface area is 223 Å². The summed E-state index contributed by atoms with van der Waals surface area (Å²) < 4.78 is 6.94. The van der Waals surface area contributed by atoms with E-state index in [4.69, 9.17) is 27.9 Å². The summed E-state index contributed by atoms with van der Waals surface area (Å²) in [7, 11) is 0. The van der Waals surface area contributed by atoms with E-state index in [-0.39, 0.29) is 11.8 Å². The first-order valence-electron chi connectivity index (χ1n) is 12.0. The normalized spacial score (nSPS) is 16.1. The van der Waals surface area contributed by atoms with Crippen molar-refractivity contribution in [3.63, 3.8) is 0 Å². The van der Waals surface area contributed by atoms with Gasteiger partial charge >= 0.3 is 6.92 Å². The van der Waals surface area contributed by atoms with Gasteiger partial charge in [0.2, 0.25) is 5.91 Å². The van der Waals surface area contributed by atoms with Crippen molar-refractivity contribution in [3.8, 4) is 0 Å². The van der Waals surface area contributed by atoms with Crippen molar-refractivity contribution in [1.82, 2.24) is 10.3 Å². The van der Waals surface area contributed by atoms with Gasteiger partial charge in [0.15, 0.2) is 0 Å². The Morgan fingerprint density at radius 1 is 1.03 bits per heavy atom. The highest BCUT2D eigenvalue weighted by atomic mass is 35.5. The number of pyridine rings is 1. The lowest BCUT2D eigenvalue weighted by Gasteiger charge is -2.30. The van der Waals surface area contributed by atoms with Crippen molar-refractivity contribution in [2.45, 2.75) is 40.2 Å². The maximum atomic E-state index is 11.6. The molecule has 1 amide bonds. The van der Waals surface area contributed by atoms with Crippen LogP contribution in [0.1, 0.15) is 43.2 Å². The molecule has 184 valence electrons. The van der Waals surface area contributed by atoms with Crippen LogP contribution in [0, 0.1) is 19.8 Å². The van der Waals surface area contributed by atoms with Crippen LogP contribution in [-0.4, -0.2) is 17.8 Å². The average molecular weight is 519 g/mol. The third-order valence-corrected chi connectivity index (χ3v) is 7.25. The van der Waals surface area contributed by atoms with Crippen LogP contribution in [0.5, 0.6) is 0 Å². The molecule has 0 fully saturated rings. The predicted molar refractivity (Wildman–Crippen MR) is 149 cm³/mol. The average Bonchev–Trinajstić information content (AvgIpc) is 2.85. The highest BCUT2D eigenvalue weighted by Gasteiger charge is 2.31. The molecular weight excluding hydrogens is 490 g/mol. The maximum absolute atomic E-state index is 11.6. The maximum Gasteiger partial charge on any atom is 0.362 e. The van der Waals surface area contributed by atoms with Gasteiger partial charge in [0.05, 0.1) is 5.69 Å². The Kier molecular flexibility index (Phi) is 8.35. The van der Waals surface area contributed by atoms with Gasteiger partial charge in [0.1, 0.15) is 6.10 Å². The molecule has 2 atom stereocenters. The molecule has 1 heterocycles. The minimum absolute atomic E-state index is 0.0740. The van der Waals surface area contributed by atoms with E-state index >= 15 is 0 Å². The zero-order valence-corrected chi connectivity index (χ0v) is 22.4. The van der Waals surface area contributed by atoms with Gasteiger partial charge in [-0.3, -0.25) is 9.78 Å². The summed E-state index contributed by atoms with van der Waals surface area (Å²) in [5.74, 6) is 0.0554. The summed E-state index contributed by atoms with van der Waals surface area (Å²) in [6.45, 7) is 7.16. The van der Waals surface area contributed by atoms with Gasteiger partial charge in [-0.2, -0.15) is 0 Å². The molecule has 0 saturated heterocycles. The number of aromatic nitrogens is 1. The van der Waals surface area contributed by atoms with E-state index in [1.165, 1.54) is 6.92 Å². The lowest BCUT2D eigenvalue weighted by Crippen LogP contribution is -2.46. The molecule has 1 N–H and O–H groups in total. The monoisotopic (exact) mass is 518 g/mol. The van der Waals surface area contributed by atoms with Crippen LogP contribution in [0.2, 0.25) is 10.0 Å². The Balaban J connectivity index is 1.80. The first kappa shape index (κ1) is 26.2. The summed E-state index contributed by atoms with van der Waals surface area (Å²) in [5.41, 5.74) is 6.67. The molecule has 0 saturated carbocycles. The highest BCUT2D eigenvalue weighted by molar-refractivity contribution is 6.80. The highest BCUT2D eigenvalue weighted by Crippen LogP contribution is 2.34. The Bertz CT molecular complexity index is 1270. The van der Waals surface area contributed by atoms with Gasteiger partial charge in [0, 0.05) is 34.8 Å². The molecule has 0 aliphatic heterocycles. The number of benzene rings is 2. The summed E-state index contributed by atoms with van der Waals surface area (Å²) >= 11 is 13.1. The van der Waals surface area contributed by atoms with E-state index in [0.717, 1.165) is 45.4 Å². The van der Waals surface area contributed by atoms with E-state index in [0.29, 0.717) is 10.0 Å². The van der Waals surface area contributed by atoms with Gasteiger partial charge in [-0.15, -0.1) is 0 Å². The Hall–Kier alpha value is -2.86. The van der Waals surface area contributed by atoms with E-state index in [2.05, 4.69) is 17.2 Å². The quantitative estimate of drug-likeness (QED) is 0.399. The number of halogens is 2. The van der Waals surface area contributed by atoms with Gasteiger partial charge in [-0.1, -0.05) is 66.5 Å². The number of hydrogen-bond acceptors (Lipinski definition) is 3. The Morgan fingerprint density at radius 2 is 1.67 bits per heavy atom. The summed E-state index contributed by atoms with van der Waals surface area (Å²) in [6, 6.07) is 17.8. The van der Waals surface area contributed by atoms with Gasteiger partial charge in [0.25, 0.3) is 0 Å². The number of nitrogens with one attached hydrogen (secondary N) is 1. The standard InChI is InChI=1S/C29H29BCl2N2O2/c1-18-8-11-23(16-25(18)31)30(24-12-9-19(2)26(32)17-24)36-29(28-7-5-6-14-33-28)22-10-13-27(20(3)15-22)34-21(4)35/h5-14,16-17,20,29H,15H2,1-4H3,(H,34,35). The number of hydrogen-bond donors (Lipinski definition) is 1. The number of carbonyl (C=O) groups excluding carboxylic acids is 1. The van der Waals surface area contributed by atoms with Crippen molar-refractivity contribution < 1.29 is 9.45 Å². The second-order valence-corrected chi connectivity index (χ2v) is 10.1. The van der Waals surface area contributed by atoms with E-state index in [9.17, 15) is 4.79 Å². The minimum Gasteiger partial charge on any atom is -0.415 e. The van der Waals surface area contributed by atoms with Crippen molar-refractivity contribution in [2.24, 2.45) is 5.92 Å². The summed E-state index contributed by atoms with van der Waals surface area (Å²) in [6.07, 6.45) is 6.09. The number of nitrogens with zero attached hydrogens (tertiary/aromatic N) is 1. The molecule has 0 bridgehead atoms. The van der Waals surface area contributed by atoms with E-state index in [1.54, 1.807) is 6.20 Å². The molecule has 1 aliphatic carbocycles. The van der Waals surface area contributed by atoms with E-state index < -0.39 is 13.0 Å². The van der Waals surface area contributed by atoms with Crippen LogP contribution < -0.4 is 16.2 Å². The molecule has 4 rings (SSSR count). The molecule has 2 unspecified atom stereocenters. The molecule has 1 aliphatic rings. The van der Waals surface area contributed by atoms with Crippen molar-refractivity contribution in [1.29, 1.82) is 0 Å². The number of amides is 1. The third kappa shape index (κ3) is 6.09. The fourth-order valence-electron chi connectivity index (χ4n) is 4.36. The number of rotatable bonds is 7. The van der Waals surface area contributed by atoms with Gasteiger partial charge < -0.3 is 9.97 Å². The fourth-order valence-corrected chi connectivity index (χ4v) is 4.74. The number of carbonyl (C=O) groups is 1. The smallest absolute Gasteiger partial charge is 0.362 e. The topological polar surface area (TPSA) is 51.2 Å². The molecule has 0 radical (unpaired) electrons. The molecule has 4 nitrogen and oxygen atoms in total.